The number of hydrogen-bond donors (Lipinski definition) is 1. The molecule has 0 saturated carbocycles. The van der Waals surface area contributed by atoms with E-state index in [-0.39, 0.29) is 11.9 Å². The monoisotopic (exact) mass is 384 g/mol. The number of rotatable bonds is 3. The maximum Gasteiger partial charge on any atom is 0.270 e. The maximum atomic E-state index is 12.9. The fraction of sp³-hybridized carbons (Fsp3) is 0.619. The highest BCUT2D eigenvalue weighted by atomic mass is 32.1. The van der Waals surface area contributed by atoms with Crippen LogP contribution in [0.3, 0.4) is 0 Å². The molecule has 144 valence electrons. The average molecular weight is 385 g/mol. The van der Waals surface area contributed by atoms with E-state index < -0.39 is 0 Å². The Balaban J connectivity index is 1.34. The number of pyridine rings is 1. The third-order valence-electron chi connectivity index (χ3n) is 6.76. The lowest BCUT2D eigenvalue weighted by atomic mass is 9.79. The fourth-order valence-electron chi connectivity index (χ4n) is 5.08. The highest BCUT2D eigenvalue weighted by molar-refractivity contribution is 7.22. The minimum absolute atomic E-state index is 0.0181. The van der Waals surface area contributed by atoms with E-state index in [4.69, 9.17) is 0 Å². The molecular weight excluding hydrogens is 356 g/mol. The molecule has 4 aliphatic rings. The van der Waals surface area contributed by atoms with Gasteiger partial charge in [-0.05, 0) is 70.2 Å². The maximum absolute atomic E-state index is 12.9. The summed E-state index contributed by atoms with van der Waals surface area (Å²) in [5.74, 6) is 0.598. The van der Waals surface area contributed by atoms with E-state index in [1.165, 1.54) is 50.2 Å². The van der Waals surface area contributed by atoms with Crippen LogP contribution in [-0.4, -0.2) is 54.1 Å². The zero-order valence-corrected chi connectivity index (χ0v) is 16.8. The van der Waals surface area contributed by atoms with Crippen molar-refractivity contribution in [3.63, 3.8) is 0 Å². The first-order chi connectivity index (χ1) is 13.2. The van der Waals surface area contributed by atoms with Crippen molar-refractivity contribution in [2.75, 3.05) is 31.1 Å². The number of carbonyl (C=O) groups excluding carboxylic acids is 1. The topological polar surface area (TPSA) is 48.5 Å². The fourth-order valence-corrected chi connectivity index (χ4v) is 6.21. The van der Waals surface area contributed by atoms with Crippen LogP contribution in [0.15, 0.2) is 18.3 Å². The quantitative estimate of drug-likeness (QED) is 0.880. The van der Waals surface area contributed by atoms with Gasteiger partial charge in [-0.15, -0.1) is 11.3 Å². The summed E-state index contributed by atoms with van der Waals surface area (Å²) < 4.78 is 1.16. The van der Waals surface area contributed by atoms with Crippen molar-refractivity contribution in [3.8, 4) is 0 Å². The van der Waals surface area contributed by atoms with Crippen LogP contribution in [0.4, 0.5) is 5.00 Å². The molecule has 2 unspecified atom stereocenters. The van der Waals surface area contributed by atoms with Crippen molar-refractivity contribution in [1.29, 1.82) is 0 Å². The molecule has 1 amide bonds. The summed E-state index contributed by atoms with van der Waals surface area (Å²) in [7, 11) is 0. The van der Waals surface area contributed by atoms with Crippen molar-refractivity contribution < 1.29 is 4.79 Å². The van der Waals surface area contributed by atoms with Crippen LogP contribution in [0.5, 0.6) is 0 Å². The first-order valence-corrected chi connectivity index (χ1v) is 11.2. The SMILES string of the molecule is CC1C(NC(=O)c2cc3sc(N4CCCCC4)cc3cn2)C2CCN1CC2. The van der Waals surface area contributed by atoms with Gasteiger partial charge in [-0.2, -0.15) is 0 Å². The third-order valence-corrected chi connectivity index (χ3v) is 7.92. The molecular formula is C21H28N4OS. The molecule has 2 atom stereocenters. The third kappa shape index (κ3) is 3.23. The highest BCUT2D eigenvalue weighted by Gasteiger charge is 2.40. The summed E-state index contributed by atoms with van der Waals surface area (Å²) in [6, 6.07) is 4.90. The second-order valence-electron chi connectivity index (χ2n) is 8.35. The number of piperidine rings is 4. The Hall–Kier alpha value is -1.66. The lowest BCUT2D eigenvalue weighted by molar-refractivity contribution is 0.0216. The summed E-state index contributed by atoms with van der Waals surface area (Å²) in [6.07, 6.45) is 8.16. The molecule has 6 heterocycles. The van der Waals surface area contributed by atoms with Gasteiger partial charge < -0.3 is 10.2 Å². The molecule has 0 spiro atoms. The van der Waals surface area contributed by atoms with E-state index in [1.807, 2.05) is 12.3 Å². The van der Waals surface area contributed by atoms with Crippen LogP contribution in [0, 0.1) is 5.92 Å². The van der Waals surface area contributed by atoms with Gasteiger partial charge in [-0.3, -0.25) is 14.7 Å². The van der Waals surface area contributed by atoms with Crippen LogP contribution in [-0.2, 0) is 0 Å². The highest BCUT2D eigenvalue weighted by Crippen LogP contribution is 2.35. The predicted molar refractivity (Wildman–Crippen MR) is 111 cm³/mol. The number of nitrogens with zero attached hydrogens (tertiary/aromatic N) is 3. The normalized spacial score (nSPS) is 30.6. The number of thiophene rings is 1. The Labute approximate surface area is 164 Å². The minimum atomic E-state index is -0.0181. The van der Waals surface area contributed by atoms with E-state index in [9.17, 15) is 4.79 Å². The first-order valence-electron chi connectivity index (χ1n) is 10.4. The van der Waals surface area contributed by atoms with E-state index in [0.29, 0.717) is 17.7 Å². The minimum Gasteiger partial charge on any atom is -0.363 e. The average Bonchev–Trinajstić information content (AvgIpc) is 3.15. The van der Waals surface area contributed by atoms with Crippen molar-refractivity contribution in [2.24, 2.45) is 5.92 Å². The lowest BCUT2D eigenvalue weighted by Crippen LogP contribution is -2.62. The number of amides is 1. The van der Waals surface area contributed by atoms with E-state index in [0.717, 1.165) is 23.2 Å². The molecule has 1 N–H and O–H groups in total. The number of hydrogen-bond acceptors (Lipinski definition) is 5. The molecule has 4 fully saturated rings. The Morgan fingerprint density at radius 3 is 2.67 bits per heavy atom. The molecule has 0 aromatic carbocycles. The van der Waals surface area contributed by atoms with Crippen LogP contribution < -0.4 is 10.2 Å². The van der Waals surface area contributed by atoms with Gasteiger partial charge in [-0.1, -0.05) is 0 Å². The Kier molecular flexibility index (Phi) is 4.56. The van der Waals surface area contributed by atoms with Gasteiger partial charge in [0.15, 0.2) is 0 Å². The number of aromatic nitrogens is 1. The van der Waals surface area contributed by atoms with Gasteiger partial charge in [0.25, 0.3) is 5.91 Å². The molecule has 0 aliphatic carbocycles. The van der Waals surface area contributed by atoms with E-state index >= 15 is 0 Å². The summed E-state index contributed by atoms with van der Waals surface area (Å²) in [5.41, 5.74) is 0.554. The molecule has 27 heavy (non-hydrogen) atoms. The van der Waals surface area contributed by atoms with Gasteiger partial charge in [-0.25, -0.2) is 0 Å². The van der Waals surface area contributed by atoms with Crippen molar-refractivity contribution in [2.45, 2.75) is 51.1 Å². The molecule has 6 rings (SSSR count). The van der Waals surface area contributed by atoms with Gasteiger partial charge in [0.05, 0.1) is 5.00 Å². The molecule has 6 heteroatoms. The second-order valence-corrected chi connectivity index (χ2v) is 9.42. The zero-order chi connectivity index (χ0) is 18.4. The number of fused-ring (bicyclic) bond motifs is 4. The summed E-state index contributed by atoms with van der Waals surface area (Å²) >= 11 is 1.79. The van der Waals surface area contributed by atoms with Crippen molar-refractivity contribution in [3.05, 3.63) is 24.0 Å². The van der Waals surface area contributed by atoms with Gasteiger partial charge in [0.2, 0.25) is 0 Å². The number of carbonyl (C=O) groups is 1. The van der Waals surface area contributed by atoms with Crippen molar-refractivity contribution >= 4 is 32.3 Å². The molecule has 4 saturated heterocycles. The van der Waals surface area contributed by atoms with Crippen LogP contribution in [0.1, 0.15) is 49.5 Å². The Morgan fingerprint density at radius 2 is 1.93 bits per heavy atom. The molecule has 0 radical (unpaired) electrons. The largest absolute Gasteiger partial charge is 0.363 e. The molecule has 4 aliphatic heterocycles. The standard InChI is InChI=1S/C21H28N4OS/c1-14-20(15-5-9-24(14)10-6-15)23-21(26)17-12-18-16(13-22-17)11-19(27-18)25-7-3-2-4-8-25/h11-15,20H,2-10H2,1H3,(H,23,26). The zero-order valence-electron chi connectivity index (χ0n) is 16.0. The molecule has 2 bridgehead atoms. The van der Waals surface area contributed by atoms with Gasteiger partial charge >= 0.3 is 0 Å². The smallest absolute Gasteiger partial charge is 0.270 e. The number of nitrogens with one attached hydrogen (secondary N) is 1. The van der Waals surface area contributed by atoms with Crippen LogP contribution in [0.2, 0.25) is 0 Å². The first kappa shape index (κ1) is 17.4. The molecule has 5 nitrogen and oxygen atoms in total. The van der Waals surface area contributed by atoms with Crippen LogP contribution in [0.25, 0.3) is 10.1 Å². The number of anilines is 1. The Morgan fingerprint density at radius 1 is 1.15 bits per heavy atom. The summed E-state index contributed by atoms with van der Waals surface area (Å²) in [5, 5.41) is 5.76. The van der Waals surface area contributed by atoms with Gasteiger partial charge in [0, 0.05) is 41.5 Å². The Bertz CT molecular complexity index is 834. The lowest BCUT2D eigenvalue weighted by Gasteiger charge is -2.49. The van der Waals surface area contributed by atoms with E-state index in [2.05, 4.69) is 33.1 Å². The molecule has 2 aromatic heterocycles. The summed E-state index contributed by atoms with van der Waals surface area (Å²) in [6.45, 7) is 6.89. The van der Waals surface area contributed by atoms with E-state index in [1.54, 1.807) is 11.3 Å². The predicted octanol–water partition coefficient (Wildman–Crippen LogP) is 3.50. The van der Waals surface area contributed by atoms with Gasteiger partial charge in [0.1, 0.15) is 5.69 Å². The van der Waals surface area contributed by atoms with Crippen LogP contribution >= 0.6 is 11.3 Å². The van der Waals surface area contributed by atoms with Crippen molar-refractivity contribution in [1.82, 2.24) is 15.2 Å². The molecule has 2 aromatic rings. The summed E-state index contributed by atoms with van der Waals surface area (Å²) in [4.78, 5) is 22.4. The second kappa shape index (κ2) is 7.06.